The Labute approximate surface area is 110 Å². The van der Waals surface area contributed by atoms with Crippen LogP contribution in [-0.2, 0) is 17.9 Å². The van der Waals surface area contributed by atoms with Gasteiger partial charge in [0, 0.05) is 6.61 Å². The smallest absolute Gasteiger partial charge is 0.129 e. The molecule has 0 aliphatic heterocycles. The second-order valence-electron chi connectivity index (χ2n) is 5.68. The average Bonchev–Trinajstić information content (AvgIpc) is 3.04. The minimum absolute atomic E-state index is 0.608. The fourth-order valence-electron chi connectivity index (χ4n) is 1.91. The van der Waals surface area contributed by atoms with E-state index in [1.165, 1.54) is 19.3 Å². The molecule has 0 unspecified atom stereocenters. The Kier molecular flexibility index (Phi) is 5.26. The standard InChI is InChI=1S/C15H25NO2/c1-12(2)9-16-10-14-5-6-15(18-14)11-17-8-7-13-3-4-13/h5-6,12-13,16H,3-4,7-11H2,1-2H3. The molecule has 1 saturated carbocycles. The van der Waals surface area contributed by atoms with Gasteiger partial charge in [0.1, 0.15) is 18.1 Å². The molecule has 2 rings (SSSR count). The van der Waals surface area contributed by atoms with Crippen molar-refractivity contribution in [3.8, 4) is 0 Å². The highest BCUT2D eigenvalue weighted by Gasteiger charge is 2.20. The lowest BCUT2D eigenvalue weighted by atomic mass is 10.2. The molecular weight excluding hydrogens is 226 g/mol. The molecule has 0 aromatic carbocycles. The maximum atomic E-state index is 5.70. The molecule has 1 aromatic heterocycles. The molecule has 3 heteroatoms. The molecule has 1 N–H and O–H groups in total. The maximum Gasteiger partial charge on any atom is 0.129 e. The third-order valence-electron chi connectivity index (χ3n) is 3.18. The summed E-state index contributed by atoms with van der Waals surface area (Å²) in [6, 6.07) is 4.05. The van der Waals surface area contributed by atoms with Gasteiger partial charge in [-0.3, -0.25) is 0 Å². The summed E-state index contributed by atoms with van der Waals surface area (Å²) in [4.78, 5) is 0. The Hall–Kier alpha value is -0.800. The first-order chi connectivity index (χ1) is 8.74. The molecule has 0 radical (unpaired) electrons. The fourth-order valence-corrected chi connectivity index (χ4v) is 1.91. The molecule has 1 fully saturated rings. The van der Waals surface area contributed by atoms with Gasteiger partial charge in [-0.1, -0.05) is 26.7 Å². The third kappa shape index (κ3) is 5.23. The van der Waals surface area contributed by atoms with Crippen molar-refractivity contribution in [2.75, 3.05) is 13.2 Å². The predicted octanol–water partition coefficient (Wildman–Crippen LogP) is 3.34. The van der Waals surface area contributed by atoms with Crippen molar-refractivity contribution in [3.63, 3.8) is 0 Å². The number of hydrogen-bond donors (Lipinski definition) is 1. The van der Waals surface area contributed by atoms with Gasteiger partial charge < -0.3 is 14.5 Å². The van der Waals surface area contributed by atoms with Gasteiger partial charge in [-0.15, -0.1) is 0 Å². The molecular formula is C15H25NO2. The molecule has 0 bridgehead atoms. The van der Waals surface area contributed by atoms with Gasteiger partial charge in [0.2, 0.25) is 0 Å². The monoisotopic (exact) mass is 251 g/mol. The lowest BCUT2D eigenvalue weighted by Crippen LogP contribution is -2.18. The molecule has 0 amide bonds. The maximum absolute atomic E-state index is 5.70. The van der Waals surface area contributed by atoms with E-state index in [1.807, 2.05) is 12.1 Å². The molecule has 1 aliphatic rings. The van der Waals surface area contributed by atoms with Crippen LogP contribution in [0.3, 0.4) is 0 Å². The van der Waals surface area contributed by atoms with Crippen molar-refractivity contribution in [1.82, 2.24) is 5.32 Å². The minimum Gasteiger partial charge on any atom is -0.462 e. The highest BCUT2D eigenvalue weighted by atomic mass is 16.5. The molecule has 0 spiro atoms. The van der Waals surface area contributed by atoms with Crippen molar-refractivity contribution in [3.05, 3.63) is 23.7 Å². The van der Waals surface area contributed by atoms with Crippen LogP contribution in [0.1, 0.15) is 44.6 Å². The van der Waals surface area contributed by atoms with Gasteiger partial charge in [-0.2, -0.15) is 0 Å². The first kappa shape index (κ1) is 13.6. The van der Waals surface area contributed by atoms with Crippen LogP contribution in [0.15, 0.2) is 16.5 Å². The van der Waals surface area contributed by atoms with Crippen LogP contribution in [-0.4, -0.2) is 13.2 Å². The molecule has 1 aromatic rings. The lowest BCUT2D eigenvalue weighted by Gasteiger charge is -2.05. The van der Waals surface area contributed by atoms with Gasteiger partial charge in [0.15, 0.2) is 0 Å². The zero-order valence-corrected chi connectivity index (χ0v) is 11.6. The normalized spacial score (nSPS) is 15.5. The fraction of sp³-hybridized carbons (Fsp3) is 0.733. The van der Waals surface area contributed by atoms with E-state index >= 15 is 0 Å². The number of hydrogen-bond acceptors (Lipinski definition) is 3. The summed E-state index contributed by atoms with van der Waals surface area (Å²) in [6.45, 7) is 7.71. The molecule has 1 heterocycles. The van der Waals surface area contributed by atoms with Crippen LogP contribution >= 0.6 is 0 Å². The van der Waals surface area contributed by atoms with Gasteiger partial charge in [0.25, 0.3) is 0 Å². The van der Waals surface area contributed by atoms with E-state index in [0.29, 0.717) is 12.5 Å². The van der Waals surface area contributed by atoms with Crippen molar-refractivity contribution in [2.24, 2.45) is 11.8 Å². The van der Waals surface area contributed by atoms with Crippen molar-refractivity contribution in [2.45, 2.75) is 46.3 Å². The summed E-state index contributed by atoms with van der Waals surface area (Å²) < 4.78 is 11.3. The van der Waals surface area contributed by atoms with E-state index in [2.05, 4.69) is 19.2 Å². The largest absolute Gasteiger partial charge is 0.462 e. The summed E-state index contributed by atoms with van der Waals surface area (Å²) in [5.74, 6) is 3.55. The zero-order valence-electron chi connectivity index (χ0n) is 11.6. The molecule has 0 atom stereocenters. The third-order valence-corrected chi connectivity index (χ3v) is 3.18. The topological polar surface area (TPSA) is 34.4 Å². The van der Waals surface area contributed by atoms with E-state index in [9.17, 15) is 0 Å². The van der Waals surface area contributed by atoms with Gasteiger partial charge in [0.05, 0.1) is 6.54 Å². The van der Waals surface area contributed by atoms with Crippen LogP contribution in [0.2, 0.25) is 0 Å². The average molecular weight is 251 g/mol. The van der Waals surface area contributed by atoms with Crippen LogP contribution in [0.4, 0.5) is 0 Å². The van der Waals surface area contributed by atoms with E-state index in [4.69, 9.17) is 9.15 Å². The highest BCUT2D eigenvalue weighted by molar-refractivity contribution is 5.06. The summed E-state index contributed by atoms with van der Waals surface area (Å²) in [7, 11) is 0. The Morgan fingerprint density at radius 1 is 1.33 bits per heavy atom. The first-order valence-corrected chi connectivity index (χ1v) is 7.10. The Morgan fingerprint density at radius 3 is 2.83 bits per heavy atom. The van der Waals surface area contributed by atoms with Crippen molar-refractivity contribution < 1.29 is 9.15 Å². The molecule has 1 aliphatic carbocycles. The Balaban J connectivity index is 1.59. The Morgan fingerprint density at radius 2 is 2.11 bits per heavy atom. The van der Waals surface area contributed by atoms with Gasteiger partial charge in [-0.05, 0) is 36.9 Å². The molecule has 18 heavy (non-hydrogen) atoms. The van der Waals surface area contributed by atoms with Crippen molar-refractivity contribution >= 4 is 0 Å². The van der Waals surface area contributed by atoms with Gasteiger partial charge in [-0.25, -0.2) is 0 Å². The molecule has 3 nitrogen and oxygen atoms in total. The quantitative estimate of drug-likeness (QED) is 0.683. The SMILES string of the molecule is CC(C)CNCc1ccc(COCCC2CC2)o1. The first-order valence-electron chi connectivity index (χ1n) is 7.10. The number of furan rings is 1. The summed E-state index contributed by atoms with van der Waals surface area (Å²) in [5.41, 5.74) is 0. The van der Waals surface area contributed by atoms with Crippen LogP contribution in [0.25, 0.3) is 0 Å². The highest BCUT2D eigenvalue weighted by Crippen LogP contribution is 2.32. The number of rotatable bonds is 9. The summed E-state index contributed by atoms with van der Waals surface area (Å²) in [6.07, 6.45) is 4.01. The molecule has 102 valence electrons. The zero-order chi connectivity index (χ0) is 12.8. The summed E-state index contributed by atoms with van der Waals surface area (Å²) in [5, 5.41) is 3.37. The van der Waals surface area contributed by atoms with Gasteiger partial charge >= 0.3 is 0 Å². The lowest BCUT2D eigenvalue weighted by molar-refractivity contribution is 0.0999. The second-order valence-corrected chi connectivity index (χ2v) is 5.68. The predicted molar refractivity (Wildman–Crippen MR) is 72.2 cm³/mol. The van der Waals surface area contributed by atoms with E-state index in [0.717, 1.165) is 37.1 Å². The number of ether oxygens (including phenoxy) is 1. The number of nitrogens with one attached hydrogen (secondary N) is 1. The van der Waals surface area contributed by atoms with E-state index < -0.39 is 0 Å². The van der Waals surface area contributed by atoms with E-state index in [1.54, 1.807) is 0 Å². The Bertz CT molecular complexity index is 342. The van der Waals surface area contributed by atoms with E-state index in [-0.39, 0.29) is 0 Å². The van der Waals surface area contributed by atoms with Crippen LogP contribution < -0.4 is 5.32 Å². The van der Waals surface area contributed by atoms with Crippen LogP contribution in [0.5, 0.6) is 0 Å². The summed E-state index contributed by atoms with van der Waals surface area (Å²) >= 11 is 0. The minimum atomic E-state index is 0.608. The second kappa shape index (κ2) is 6.95. The molecule has 0 saturated heterocycles. The van der Waals surface area contributed by atoms with Crippen molar-refractivity contribution in [1.29, 1.82) is 0 Å². The van der Waals surface area contributed by atoms with Crippen LogP contribution in [0, 0.1) is 11.8 Å².